The van der Waals surface area contributed by atoms with E-state index < -0.39 is 5.97 Å². The molecular weight excluding hydrogens is 362 g/mol. The number of carboxylic acids is 1. The first-order valence-electron chi connectivity index (χ1n) is 8.22. The molecule has 0 fully saturated rings. The number of hydrogen-bond acceptors (Lipinski definition) is 4. The topological polar surface area (TPSA) is 84.2 Å². The van der Waals surface area contributed by atoms with Crippen LogP contribution in [0.15, 0.2) is 60.7 Å². The molecule has 0 bridgehead atoms. The second-order valence-electron chi connectivity index (χ2n) is 6.00. The minimum atomic E-state index is -1.00. The number of thiophene rings is 1. The van der Waals surface area contributed by atoms with Gasteiger partial charge in [0.15, 0.2) is 0 Å². The number of carbonyl (C=O) groups excluding carboxylic acids is 1. The van der Waals surface area contributed by atoms with Crippen LogP contribution in [-0.2, 0) is 0 Å². The molecule has 0 atom stereocenters. The van der Waals surface area contributed by atoms with Crippen molar-refractivity contribution >= 4 is 39.1 Å². The van der Waals surface area contributed by atoms with Crippen molar-refractivity contribution in [3.05, 3.63) is 76.8 Å². The third kappa shape index (κ3) is 3.20. The van der Waals surface area contributed by atoms with Crippen molar-refractivity contribution in [2.75, 3.05) is 5.32 Å². The number of hydrogen-bond donors (Lipinski definition) is 2. The van der Waals surface area contributed by atoms with Crippen molar-refractivity contribution in [3.63, 3.8) is 0 Å². The predicted octanol–water partition coefficient (Wildman–Crippen LogP) is 4.35. The number of nitrogens with zero attached hydrogens (tertiary/aromatic N) is 2. The largest absolute Gasteiger partial charge is 0.478 e. The molecule has 6 nitrogen and oxygen atoms in total. The molecule has 0 saturated carbocycles. The lowest BCUT2D eigenvalue weighted by atomic mass is 10.2. The van der Waals surface area contributed by atoms with E-state index >= 15 is 0 Å². The highest BCUT2D eigenvalue weighted by Gasteiger charge is 2.17. The quantitative estimate of drug-likeness (QED) is 0.554. The zero-order valence-corrected chi connectivity index (χ0v) is 15.2. The lowest BCUT2D eigenvalue weighted by molar-refractivity contribution is 0.0696. The summed E-state index contributed by atoms with van der Waals surface area (Å²) >= 11 is 1.37. The molecule has 27 heavy (non-hydrogen) atoms. The fourth-order valence-corrected chi connectivity index (χ4v) is 3.87. The van der Waals surface area contributed by atoms with Gasteiger partial charge in [-0.25, -0.2) is 9.48 Å². The number of amides is 1. The molecule has 0 spiro atoms. The van der Waals surface area contributed by atoms with Gasteiger partial charge in [-0.1, -0.05) is 18.2 Å². The van der Waals surface area contributed by atoms with E-state index in [2.05, 4.69) is 10.4 Å². The third-order valence-corrected chi connectivity index (χ3v) is 5.27. The van der Waals surface area contributed by atoms with Crippen LogP contribution in [0.4, 0.5) is 5.69 Å². The van der Waals surface area contributed by atoms with Crippen LogP contribution in [0.2, 0.25) is 0 Å². The van der Waals surface area contributed by atoms with Crippen LogP contribution in [-0.4, -0.2) is 26.8 Å². The van der Waals surface area contributed by atoms with Gasteiger partial charge in [-0.3, -0.25) is 4.79 Å². The molecule has 7 heteroatoms. The van der Waals surface area contributed by atoms with E-state index in [0.717, 1.165) is 21.6 Å². The summed E-state index contributed by atoms with van der Waals surface area (Å²) in [6.45, 7) is 1.92. The number of fused-ring (bicyclic) bond motifs is 1. The van der Waals surface area contributed by atoms with Crippen molar-refractivity contribution < 1.29 is 14.7 Å². The van der Waals surface area contributed by atoms with E-state index in [4.69, 9.17) is 5.11 Å². The molecule has 0 aliphatic heterocycles. The van der Waals surface area contributed by atoms with E-state index in [1.165, 1.54) is 23.5 Å². The summed E-state index contributed by atoms with van der Waals surface area (Å²) in [4.78, 5) is 25.0. The van der Waals surface area contributed by atoms with E-state index in [9.17, 15) is 9.59 Å². The molecule has 2 heterocycles. The Bertz CT molecular complexity index is 1140. The van der Waals surface area contributed by atoms with Crippen LogP contribution < -0.4 is 5.32 Å². The average Bonchev–Trinajstić information content (AvgIpc) is 3.24. The Morgan fingerprint density at radius 1 is 1.07 bits per heavy atom. The van der Waals surface area contributed by atoms with Crippen molar-refractivity contribution in [3.8, 4) is 5.69 Å². The molecule has 0 radical (unpaired) electrons. The Morgan fingerprint density at radius 2 is 1.78 bits per heavy atom. The van der Waals surface area contributed by atoms with Crippen LogP contribution in [0, 0.1) is 6.92 Å². The number of aromatic nitrogens is 2. The molecule has 2 N–H and O–H groups in total. The summed E-state index contributed by atoms with van der Waals surface area (Å²) in [6, 6.07) is 17.7. The average molecular weight is 377 g/mol. The van der Waals surface area contributed by atoms with Gasteiger partial charge in [-0.2, -0.15) is 5.10 Å². The number of aryl methyl sites for hydroxylation is 1. The Balaban J connectivity index is 1.64. The predicted molar refractivity (Wildman–Crippen MR) is 105 cm³/mol. The van der Waals surface area contributed by atoms with E-state index in [0.29, 0.717) is 10.6 Å². The number of benzene rings is 2. The van der Waals surface area contributed by atoms with Gasteiger partial charge in [-0.05, 0) is 49.4 Å². The summed E-state index contributed by atoms with van der Waals surface area (Å²) in [6.07, 6.45) is 0. The highest BCUT2D eigenvalue weighted by Crippen LogP contribution is 2.30. The van der Waals surface area contributed by atoms with Crippen LogP contribution >= 0.6 is 11.3 Å². The summed E-state index contributed by atoms with van der Waals surface area (Å²) in [5.41, 5.74) is 2.51. The lowest BCUT2D eigenvalue weighted by Gasteiger charge is -2.04. The standard InChI is InChI=1S/C20H15N3O3S/c1-12-16-11-17(18(24)21-14-9-7-13(8-10-14)20(25)26)27-19(16)23(22-12)15-5-3-2-4-6-15/h2-11H,1H3,(H,21,24)(H,25,26). The maximum Gasteiger partial charge on any atom is 0.335 e. The number of para-hydroxylation sites is 1. The van der Waals surface area contributed by atoms with Crippen LogP contribution in [0.25, 0.3) is 15.9 Å². The van der Waals surface area contributed by atoms with E-state index in [1.807, 2.05) is 48.0 Å². The minimum absolute atomic E-state index is 0.174. The number of carbonyl (C=O) groups is 2. The van der Waals surface area contributed by atoms with E-state index in [-0.39, 0.29) is 11.5 Å². The number of nitrogens with one attached hydrogen (secondary N) is 1. The molecule has 2 aromatic carbocycles. The molecule has 0 aliphatic carbocycles. The Kier molecular flexibility index (Phi) is 4.21. The first-order valence-corrected chi connectivity index (χ1v) is 9.04. The molecule has 0 aliphatic rings. The zero-order valence-electron chi connectivity index (χ0n) is 14.3. The van der Waals surface area contributed by atoms with Crippen molar-refractivity contribution in [2.24, 2.45) is 0 Å². The van der Waals surface area contributed by atoms with Crippen molar-refractivity contribution in [1.82, 2.24) is 9.78 Å². The smallest absolute Gasteiger partial charge is 0.335 e. The second kappa shape index (κ2) is 6.69. The summed E-state index contributed by atoms with van der Waals surface area (Å²) in [7, 11) is 0. The van der Waals surface area contributed by atoms with Crippen molar-refractivity contribution in [2.45, 2.75) is 6.92 Å². The van der Waals surface area contributed by atoms with Gasteiger partial charge >= 0.3 is 5.97 Å². The molecule has 0 unspecified atom stereocenters. The Hall–Kier alpha value is -3.45. The first-order chi connectivity index (χ1) is 13.0. The van der Waals surface area contributed by atoms with Crippen LogP contribution in [0.1, 0.15) is 25.7 Å². The fourth-order valence-electron chi connectivity index (χ4n) is 2.79. The highest BCUT2D eigenvalue weighted by atomic mass is 32.1. The molecular formula is C20H15N3O3S. The van der Waals surface area contributed by atoms with Crippen molar-refractivity contribution in [1.29, 1.82) is 0 Å². The molecule has 4 aromatic rings. The Labute approximate surface area is 158 Å². The highest BCUT2D eigenvalue weighted by molar-refractivity contribution is 7.20. The SMILES string of the molecule is Cc1nn(-c2ccccc2)c2sc(C(=O)Nc3ccc(C(=O)O)cc3)cc12. The van der Waals surface area contributed by atoms with Gasteiger partial charge in [-0.15, -0.1) is 11.3 Å². The summed E-state index contributed by atoms with van der Waals surface area (Å²) in [5, 5.41) is 17.3. The number of aromatic carboxylic acids is 1. The summed E-state index contributed by atoms with van der Waals surface area (Å²) < 4.78 is 1.84. The maximum absolute atomic E-state index is 12.6. The van der Waals surface area contributed by atoms with Gasteiger partial charge in [0, 0.05) is 11.1 Å². The maximum atomic E-state index is 12.6. The zero-order chi connectivity index (χ0) is 19.0. The number of carboxylic acid groups (broad SMARTS) is 1. The van der Waals surface area contributed by atoms with Gasteiger partial charge < -0.3 is 10.4 Å². The number of rotatable bonds is 4. The third-order valence-electron chi connectivity index (χ3n) is 4.16. The van der Waals surface area contributed by atoms with Crippen LogP contribution in [0.3, 0.4) is 0 Å². The molecule has 4 rings (SSSR count). The normalized spacial score (nSPS) is 10.9. The molecule has 0 saturated heterocycles. The second-order valence-corrected chi connectivity index (χ2v) is 7.03. The van der Waals surface area contributed by atoms with E-state index in [1.54, 1.807) is 12.1 Å². The first kappa shape index (κ1) is 17.0. The molecule has 134 valence electrons. The Morgan fingerprint density at radius 3 is 2.44 bits per heavy atom. The van der Waals surface area contributed by atoms with Gasteiger partial charge in [0.05, 0.1) is 21.8 Å². The van der Waals surface area contributed by atoms with Gasteiger partial charge in [0.25, 0.3) is 5.91 Å². The number of anilines is 1. The molecule has 1 amide bonds. The van der Waals surface area contributed by atoms with Gasteiger partial charge in [0.2, 0.25) is 0 Å². The fraction of sp³-hybridized carbons (Fsp3) is 0.0500. The summed E-state index contributed by atoms with van der Waals surface area (Å²) in [5.74, 6) is -1.24. The van der Waals surface area contributed by atoms with Crippen LogP contribution in [0.5, 0.6) is 0 Å². The lowest BCUT2D eigenvalue weighted by Crippen LogP contribution is -2.10. The monoisotopic (exact) mass is 377 g/mol. The minimum Gasteiger partial charge on any atom is -0.478 e. The van der Waals surface area contributed by atoms with Gasteiger partial charge in [0.1, 0.15) is 4.83 Å². The molecule has 2 aromatic heterocycles.